The number of aryl methyl sites for hydroxylation is 1. The maximum atomic E-state index is 13.1. The van der Waals surface area contributed by atoms with Crippen molar-refractivity contribution in [1.29, 1.82) is 0 Å². The predicted octanol–water partition coefficient (Wildman–Crippen LogP) is 3.35. The van der Waals surface area contributed by atoms with Gasteiger partial charge in [0.1, 0.15) is 6.04 Å². The van der Waals surface area contributed by atoms with Crippen molar-refractivity contribution >= 4 is 27.5 Å². The van der Waals surface area contributed by atoms with E-state index in [4.69, 9.17) is 0 Å². The lowest BCUT2D eigenvalue weighted by Gasteiger charge is -2.29. The summed E-state index contributed by atoms with van der Waals surface area (Å²) in [4.78, 5) is 24.8. The topological polar surface area (TPSA) is 104 Å². The number of nitrogens with one attached hydrogen (secondary N) is 3. The van der Waals surface area contributed by atoms with Crippen LogP contribution in [0.1, 0.15) is 71.3 Å². The van der Waals surface area contributed by atoms with Gasteiger partial charge < -0.3 is 10.6 Å². The fraction of sp³-hybridized carbons (Fsp3) is 0.652. The summed E-state index contributed by atoms with van der Waals surface area (Å²) < 4.78 is 28.9. The van der Waals surface area contributed by atoms with E-state index in [-0.39, 0.29) is 28.7 Å². The zero-order valence-electron chi connectivity index (χ0n) is 18.7. The third-order valence-electron chi connectivity index (χ3n) is 6.19. The molecule has 1 aliphatic carbocycles. The molecular formula is C23H35N3O4S. The SMILES string of the molecule is CC(C)C[C@H](NS(=O)(=O)c1ccc2c(c1)CCCC(=O)N2)C(=O)NC1CCC(C)CC1. The maximum absolute atomic E-state index is 13.1. The number of hydrogen-bond donors (Lipinski definition) is 3. The molecule has 172 valence electrons. The molecule has 1 saturated carbocycles. The number of carbonyl (C=O) groups is 2. The average Bonchev–Trinajstić information content (AvgIpc) is 2.88. The maximum Gasteiger partial charge on any atom is 0.241 e. The highest BCUT2D eigenvalue weighted by molar-refractivity contribution is 7.89. The first-order chi connectivity index (χ1) is 14.6. The van der Waals surface area contributed by atoms with Crippen LogP contribution < -0.4 is 15.4 Å². The van der Waals surface area contributed by atoms with Crippen molar-refractivity contribution in [2.45, 2.75) is 89.1 Å². The fourth-order valence-electron chi connectivity index (χ4n) is 4.36. The second kappa shape index (κ2) is 10.1. The highest BCUT2D eigenvalue weighted by Crippen LogP contribution is 2.26. The molecule has 2 aliphatic rings. The van der Waals surface area contributed by atoms with Crippen LogP contribution in [0.2, 0.25) is 0 Å². The van der Waals surface area contributed by atoms with Gasteiger partial charge in [0, 0.05) is 18.2 Å². The minimum Gasteiger partial charge on any atom is -0.352 e. The Bertz CT molecular complexity index is 905. The molecule has 1 aliphatic heterocycles. The molecule has 8 heteroatoms. The zero-order valence-corrected chi connectivity index (χ0v) is 19.6. The molecule has 0 aromatic heterocycles. The van der Waals surface area contributed by atoms with Crippen LogP contribution in [0.4, 0.5) is 5.69 Å². The first-order valence-electron chi connectivity index (χ1n) is 11.4. The van der Waals surface area contributed by atoms with E-state index in [0.717, 1.165) is 31.2 Å². The largest absolute Gasteiger partial charge is 0.352 e. The van der Waals surface area contributed by atoms with Crippen molar-refractivity contribution in [3.8, 4) is 0 Å². The van der Waals surface area contributed by atoms with Crippen molar-refractivity contribution in [3.05, 3.63) is 23.8 Å². The molecule has 7 nitrogen and oxygen atoms in total. The lowest BCUT2D eigenvalue weighted by atomic mass is 9.87. The third-order valence-corrected chi connectivity index (χ3v) is 7.66. The molecular weight excluding hydrogens is 414 g/mol. The molecule has 31 heavy (non-hydrogen) atoms. The summed E-state index contributed by atoms with van der Waals surface area (Å²) in [6.45, 7) is 6.17. The number of amides is 2. The van der Waals surface area contributed by atoms with Gasteiger partial charge in [-0.25, -0.2) is 8.42 Å². The average molecular weight is 450 g/mol. The van der Waals surface area contributed by atoms with E-state index in [1.54, 1.807) is 12.1 Å². The van der Waals surface area contributed by atoms with E-state index in [2.05, 4.69) is 22.3 Å². The molecule has 2 amide bonds. The lowest BCUT2D eigenvalue weighted by Crippen LogP contribution is -2.50. The van der Waals surface area contributed by atoms with Gasteiger partial charge in [0.15, 0.2) is 0 Å². The standard InChI is InChI=1S/C23H35N3O4S/c1-15(2)13-21(23(28)24-18-9-7-16(3)8-10-18)26-31(29,30)19-11-12-20-17(14-19)5-4-6-22(27)25-20/h11-12,14-16,18,21,26H,4-10,13H2,1-3H3,(H,24,28)(H,25,27)/t16?,18?,21-/m0/s1. The molecule has 0 bridgehead atoms. The quantitative estimate of drug-likeness (QED) is 0.594. The number of rotatable bonds is 7. The van der Waals surface area contributed by atoms with E-state index < -0.39 is 16.1 Å². The summed E-state index contributed by atoms with van der Waals surface area (Å²) in [6, 6.07) is 4.02. The van der Waals surface area contributed by atoms with E-state index in [0.29, 0.717) is 37.3 Å². The Hall–Kier alpha value is -1.93. The number of benzene rings is 1. The normalized spacial score (nSPS) is 22.9. The van der Waals surface area contributed by atoms with Crippen LogP contribution >= 0.6 is 0 Å². The van der Waals surface area contributed by atoms with E-state index in [9.17, 15) is 18.0 Å². The van der Waals surface area contributed by atoms with Gasteiger partial charge in [-0.3, -0.25) is 9.59 Å². The van der Waals surface area contributed by atoms with Crippen LogP contribution in [0.5, 0.6) is 0 Å². The van der Waals surface area contributed by atoms with Gasteiger partial charge in [-0.1, -0.05) is 20.8 Å². The molecule has 3 rings (SSSR count). The van der Waals surface area contributed by atoms with Crippen molar-refractivity contribution in [3.63, 3.8) is 0 Å². The molecule has 1 atom stereocenters. The Morgan fingerprint density at radius 1 is 1.16 bits per heavy atom. The number of carbonyl (C=O) groups excluding carboxylic acids is 2. The van der Waals surface area contributed by atoms with Gasteiger partial charge in [-0.05, 0) is 80.5 Å². The number of sulfonamides is 1. The van der Waals surface area contributed by atoms with Gasteiger partial charge in [0.25, 0.3) is 0 Å². The van der Waals surface area contributed by atoms with Crippen LogP contribution in [0.3, 0.4) is 0 Å². The van der Waals surface area contributed by atoms with Crippen molar-refractivity contribution in [2.75, 3.05) is 5.32 Å². The Kier molecular flexibility index (Phi) is 7.75. The van der Waals surface area contributed by atoms with Crippen LogP contribution in [-0.4, -0.2) is 32.3 Å². The van der Waals surface area contributed by atoms with Gasteiger partial charge in [-0.2, -0.15) is 4.72 Å². The third kappa shape index (κ3) is 6.53. The number of fused-ring (bicyclic) bond motifs is 1. The molecule has 0 radical (unpaired) electrons. The number of anilines is 1. The molecule has 1 aromatic rings. The fourth-order valence-corrected chi connectivity index (χ4v) is 5.62. The first-order valence-corrected chi connectivity index (χ1v) is 12.9. The smallest absolute Gasteiger partial charge is 0.241 e. The van der Waals surface area contributed by atoms with Gasteiger partial charge >= 0.3 is 0 Å². The van der Waals surface area contributed by atoms with E-state index >= 15 is 0 Å². The van der Waals surface area contributed by atoms with Crippen LogP contribution in [0.25, 0.3) is 0 Å². The van der Waals surface area contributed by atoms with Crippen LogP contribution in [0.15, 0.2) is 23.1 Å². The Balaban J connectivity index is 1.74. The second-order valence-corrected chi connectivity index (χ2v) is 11.2. The summed E-state index contributed by atoms with van der Waals surface area (Å²) in [5.74, 6) is 0.528. The zero-order chi connectivity index (χ0) is 22.6. The molecule has 0 unspecified atom stereocenters. The van der Waals surface area contributed by atoms with Gasteiger partial charge in [-0.15, -0.1) is 0 Å². The predicted molar refractivity (Wildman–Crippen MR) is 121 cm³/mol. The summed E-state index contributed by atoms with van der Waals surface area (Å²) in [5, 5.41) is 5.89. The van der Waals surface area contributed by atoms with Crippen LogP contribution in [0, 0.1) is 11.8 Å². The Morgan fingerprint density at radius 3 is 2.55 bits per heavy atom. The van der Waals surface area contributed by atoms with E-state index in [1.165, 1.54) is 6.07 Å². The van der Waals surface area contributed by atoms with Crippen LogP contribution in [-0.2, 0) is 26.0 Å². The van der Waals surface area contributed by atoms with Crippen molar-refractivity contribution in [1.82, 2.24) is 10.0 Å². The monoisotopic (exact) mass is 449 g/mol. The highest BCUT2D eigenvalue weighted by atomic mass is 32.2. The minimum absolute atomic E-state index is 0.0572. The van der Waals surface area contributed by atoms with Crippen molar-refractivity contribution < 1.29 is 18.0 Å². The summed E-state index contributed by atoms with van der Waals surface area (Å²) in [6.07, 6.45) is 6.19. The molecule has 0 saturated heterocycles. The summed E-state index contributed by atoms with van der Waals surface area (Å²) >= 11 is 0. The van der Waals surface area contributed by atoms with Crippen molar-refractivity contribution in [2.24, 2.45) is 11.8 Å². The van der Waals surface area contributed by atoms with Gasteiger partial charge in [0.05, 0.1) is 4.90 Å². The van der Waals surface area contributed by atoms with Gasteiger partial charge in [0.2, 0.25) is 21.8 Å². The number of hydrogen-bond acceptors (Lipinski definition) is 4. The molecule has 1 heterocycles. The Labute approximate surface area is 185 Å². The van der Waals surface area contributed by atoms with E-state index in [1.807, 2.05) is 13.8 Å². The summed E-state index contributed by atoms with van der Waals surface area (Å²) in [7, 11) is -3.88. The molecule has 1 aromatic carbocycles. The Morgan fingerprint density at radius 2 is 1.87 bits per heavy atom. The molecule has 0 spiro atoms. The minimum atomic E-state index is -3.88. The summed E-state index contributed by atoms with van der Waals surface area (Å²) in [5.41, 5.74) is 1.46. The lowest BCUT2D eigenvalue weighted by molar-refractivity contribution is -0.124. The first kappa shape index (κ1) is 23.7. The molecule has 1 fully saturated rings. The molecule has 3 N–H and O–H groups in total. The highest BCUT2D eigenvalue weighted by Gasteiger charge is 2.29. The second-order valence-electron chi connectivity index (χ2n) is 9.49.